The van der Waals surface area contributed by atoms with Crippen molar-refractivity contribution in [1.82, 2.24) is 0 Å². The van der Waals surface area contributed by atoms with Crippen molar-refractivity contribution >= 4 is 29.3 Å². The van der Waals surface area contributed by atoms with E-state index in [0.717, 1.165) is 42.7 Å². The number of anilines is 2. The minimum absolute atomic E-state index is 0.286. The molecule has 1 fully saturated rings. The third-order valence-corrected chi connectivity index (χ3v) is 4.79. The van der Waals surface area contributed by atoms with Crippen molar-refractivity contribution in [3.05, 3.63) is 59.2 Å². The third-order valence-electron chi connectivity index (χ3n) is 4.79. The Morgan fingerprint density at radius 2 is 1.89 bits per heavy atom. The molecular weight excluding hydrogens is 354 g/mol. The molecule has 146 valence electrons. The van der Waals surface area contributed by atoms with E-state index in [4.69, 9.17) is 10.5 Å². The SMILES string of the molecule is COc1ccc(C)cc1/C=C/C(=O)Nc1cc(C(N)=O)ccc1N1CCCC1. The Morgan fingerprint density at radius 1 is 1.14 bits per heavy atom. The van der Waals surface area contributed by atoms with Crippen LogP contribution in [0.3, 0.4) is 0 Å². The zero-order valence-electron chi connectivity index (χ0n) is 16.2. The Balaban J connectivity index is 1.83. The van der Waals surface area contributed by atoms with Crippen molar-refractivity contribution in [2.24, 2.45) is 5.73 Å². The molecule has 0 unspecified atom stereocenters. The molecule has 3 rings (SSSR count). The first kappa shape index (κ1) is 19.5. The van der Waals surface area contributed by atoms with Crippen LogP contribution in [0.15, 0.2) is 42.5 Å². The van der Waals surface area contributed by atoms with Crippen LogP contribution in [-0.2, 0) is 4.79 Å². The smallest absolute Gasteiger partial charge is 0.248 e. The van der Waals surface area contributed by atoms with Crippen molar-refractivity contribution < 1.29 is 14.3 Å². The standard InChI is InChI=1S/C22H25N3O3/c1-15-5-9-20(28-2)16(13-15)7-10-21(26)24-18-14-17(22(23)27)6-8-19(18)25-11-3-4-12-25/h5-10,13-14H,3-4,11-12H2,1-2H3,(H2,23,27)(H,24,26)/b10-7+. The first-order valence-electron chi connectivity index (χ1n) is 9.30. The summed E-state index contributed by atoms with van der Waals surface area (Å²) in [4.78, 5) is 26.3. The fraction of sp³-hybridized carbons (Fsp3) is 0.273. The van der Waals surface area contributed by atoms with Gasteiger partial charge in [-0.3, -0.25) is 9.59 Å². The van der Waals surface area contributed by atoms with E-state index in [9.17, 15) is 9.59 Å². The molecule has 1 heterocycles. The maximum absolute atomic E-state index is 12.5. The van der Waals surface area contributed by atoms with Crippen LogP contribution in [0, 0.1) is 6.92 Å². The number of benzene rings is 2. The van der Waals surface area contributed by atoms with E-state index in [1.807, 2.05) is 31.2 Å². The number of primary amides is 1. The molecule has 0 atom stereocenters. The van der Waals surface area contributed by atoms with Crippen LogP contribution in [0.1, 0.15) is 34.3 Å². The molecule has 0 spiro atoms. The lowest BCUT2D eigenvalue weighted by Crippen LogP contribution is -2.21. The number of hydrogen-bond donors (Lipinski definition) is 2. The predicted octanol–water partition coefficient (Wildman–Crippen LogP) is 3.35. The van der Waals surface area contributed by atoms with Crippen LogP contribution >= 0.6 is 0 Å². The van der Waals surface area contributed by atoms with Crippen LogP contribution in [0.4, 0.5) is 11.4 Å². The van der Waals surface area contributed by atoms with Crippen LogP contribution in [0.2, 0.25) is 0 Å². The monoisotopic (exact) mass is 379 g/mol. The average molecular weight is 379 g/mol. The van der Waals surface area contributed by atoms with Gasteiger partial charge in [0, 0.05) is 30.3 Å². The Bertz CT molecular complexity index is 915. The number of nitrogens with two attached hydrogens (primary N) is 1. The zero-order valence-corrected chi connectivity index (χ0v) is 16.2. The normalized spacial score (nSPS) is 13.7. The van der Waals surface area contributed by atoms with Gasteiger partial charge >= 0.3 is 0 Å². The summed E-state index contributed by atoms with van der Waals surface area (Å²) in [7, 11) is 1.60. The number of aryl methyl sites for hydroxylation is 1. The van der Waals surface area contributed by atoms with Gasteiger partial charge in [0.25, 0.3) is 0 Å². The summed E-state index contributed by atoms with van der Waals surface area (Å²) in [5.41, 5.74) is 9.15. The number of nitrogens with zero attached hydrogens (tertiary/aromatic N) is 1. The van der Waals surface area contributed by atoms with E-state index in [1.165, 1.54) is 6.08 Å². The molecule has 6 nitrogen and oxygen atoms in total. The topological polar surface area (TPSA) is 84.7 Å². The lowest BCUT2D eigenvalue weighted by Gasteiger charge is -2.22. The van der Waals surface area contributed by atoms with E-state index in [0.29, 0.717) is 17.0 Å². The highest BCUT2D eigenvalue weighted by molar-refractivity contribution is 6.05. The molecular formula is C22H25N3O3. The molecule has 0 saturated carbocycles. The van der Waals surface area contributed by atoms with E-state index >= 15 is 0 Å². The molecule has 3 N–H and O–H groups in total. The van der Waals surface area contributed by atoms with Gasteiger partial charge in [0.05, 0.1) is 18.5 Å². The first-order chi connectivity index (χ1) is 13.5. The number of ether oxygens (including phenoxy) is 1. The molecule has 1 aliphatic rings. The number of carbonyl (C=O) groups excluding carboxylic acids is 2. The van der Waals surface area contributed by atoms with E-state index in [2.05, 4.69) is 10.2 Å². The number of amides is 2. The molecule has 1 saturated heterocycles. The highest BCUT2D eigenvalue weighted by atomic mass is 16.5. The summed E-state index contributed by atoms with van der Waals surface area (Å²) in [6, 6.07) is 10.9. The Kier molecular flexibility index (Phi) is 5.99. The highest BCUT2D eigenvalue weighted by Gasteiger charge is 2.18. The van der Waals surface area contributed by atoms with Crippen LogP contribution in [0.25, 0.3) is 6.08 Å². The summed E-state index contributed by atoms with van der Waals surface area (Å²) in [6.45, 7) is 3.83. The number of nitrogens with one attached hydrogen (secondary N) is 1. The molecule has 2 amide bonds. The van der Waals surface area contributed by atoms with Gasteiger partial charge in [-0.05, 0) is 56.2 Å². The van der Waals surface area contributed by atoms with Gasteiger partial charge < -0.3 is 20.7 Å². The molecule has 2 aromatic carbocycles. The minimum atomic E-state index is -0.525. The van der Waals surface area contributed by atoms with Crippen LogP contribution in [-0.4, -0.2) is 32.0 Å². The minimum Gasteiger partial charge on any atom is -0.496 e. The van der Waals surface area contributed by atoms with E-state index < -0.39 is 5.91 Å². The lowest BCUT2D eigenvalue weighted by atomic mass is 10.1. The molecule has 2 aromatic rings. The van der Waals surface area contributed by atoms with Crippen LogP contribution < -0.4 is 20.7 Å². The summed E-state index contributed by atoms with van der Waals surface area (Å²) < 4.78 is 5.34. The van der Waals surface area contributed by atoms with Crippen molar-refractivity contribution in [1.29, 1.82) is 0 Å². The fourth-order valence-corrected chi connectivity index (χ4v) is 3.35. The van der Waals surface area contributed by atoms with Crippen molar-refractivity contribution in [3.8, 4) is 5.75 Å². The maximum Gasteiger partial charge on any atom is 0.248 e. The average Bonchev–Trinajstić information content (AvgIpc) is 3.21. The summed E-state index contributed by atoms with van der Waals surface area (Å²) in [6.07, 6.45) is 5.40. The number of methoxy groups -OCH3 is 1. The summed E-state index contributed by atoms with van der Waals surface area (Å²) in [5, 5.41) is 2.89. The van der Waals surface area contributed by atoms with E-state index in [1.54, 1.807) is 25.3 Å². The van der Waals surface area contributed by atoms with Crippen molar-refractivity contribution in [3.63, 3.8) is 0 Å². The van der Waals surface area contributed by atoms with Gasteiger partial charge in [0.2, 0.25) is 11.8 Å². The quantitative estimate of drug-likeness (QED) is 0.754. The molecule has 1 aliphatic heterocycles. The maximum atomic E-state index is 12.5. The van der Waals surface area contributed by atoms with Gasteiger partial charge in [-0.25, -0.2) is 0 Å². The molecule has 0 bridgehead atoms. The van der Waals surface area contributed by atoms with Gasteiger partial charge in [-0.15, -0.1) is 0 Å². The van der Waals surface area contributed by atoms with Crippen LogP contribution in [0.5, 0.6) is 5.75 Å². The molecule has 0 aliphatic carbocycles. The third kappa shape index (κ3) is 4.52. The Hall–Kier alpha value is -3.28. The lowest BCUT2D eigenvalue weighted by molar-refractivity contribution is -0.111. The predicted molar refractivity (Wildman–Crippen MR) is 112 cm³/mol. The Labute approximate surface area is 165 Å². The van der Waals surface area contributed by atoms with Gasteiger partial charge in [-0.2, -0.15) is 0 Å². The van der Waals surface area contributed by atoms with Gasteiger partial charge in [-0.1, -0.05) is 11.6 Å². The molecule has 0 aromatic heterocycles. The van der Waals surface area contributed by atoms with Gasteiger partial charge in [0.15, 0.2) is 0 Å². The van der Waals surface area contributed by atoms with E-state index in [-0.39, 0.29) is 5.91 Å². The largest absolute Gasteiger partial charge is 0.496 e. The number of carbonyl (C=O) groups is 2. The number of rotatable bonds is 6. The summed E-state index contributed by atoms with van der Waals surface area (Å²) >= 11 is 0. The summed E-state index contributed by atoms with van der Waals surface area (Å²) in [5.74, 6) is -0.114. The first-order valence-corrected chi connectivity index (χ1v) is 9.30. The molecule has 28 heavy (non-hydrogen) atoms. The highest BCUT2D eigenvalue weighted by Crippen LogP contribution is 2.30. The fourth-order valence-electron chi connectivity index (χ4n) is 3.35. The van der Waals surface area contributed by atoms with Crippen molar-refractivity contribution in [2.75, 3.05) is 30.4 Å². The molecule has 6 heteroatoms. The van der Waals surface area contributed by atoms with Crippen molar-refractivity contribution in [2.45, 2.75) is 19.8 Å². The second kappa shape index (κ2) is 8.61. The second-order valence-electron chi connectivity index (χ2n) is 6.86. The Morgan fingerprint density at radius 3 is 2.57 bits per heavy atom. The molecule has 0 radical (unpaired) electrons. The second-order valence-corrected chi connectivity index (χ2v) is 6.86. The zero-order chi connectivity index (χ0) is 20.1. The number of hydrogen-bond acceptors (Lipinski definition) is 4. The van der Waals surface area contributed by atoms with Gasteiger partial charge in [0.1, 0.15) is 5.75 Å².